The molecule has 1 fully saturated rings. The van der Waals surface area contributed by atoms with Crippen molar-refractivity contribution in [1.82, 2.24) is 4.90 Å². The summed E-state index contributed by atoms with van der Waals surface area (Å²) in [6.45, 7) is 2.41. The van der Waals surface area contributed by atoms with Crippen molar-refractivity contribution < 1.29 is 0 Å². The van der Waals surface area contributed by atoms with E-state index < -0.39 is 0 Å². The maximum absolute atomic E-state index is 2.41. The smallest absolute Gasteiger partial charge is 0.00891 e. The van der Waals surface area contributed by atoms with Crippen molar-refractivity contribution in [3.05, 3.63) is 0 Å². The van der Waals surface area contributed by atoms with Crippen LogP contribution >= 0.6 is 0 Å². The van der Waals surface area contributed by atoms with E-state index in [1.165, 1.54) is 44.9 Å². The van der Waals surface area contributed by atoms with Gasteiger partial charge in [-0.05, 0) is 32.9 Å². The standard InChI is InChI=1S/C12H25N/c1-11-7-4-5-9-12(13(2)3)10-6-8-11/h11-12H,4-10H2,1-3H3. The predicted molar refractivity (Wildman–Crippen MR) is 59.0 cm³/mol. The largest absolute Gasteiger partial charge is 0.306 e. The van der Waals surface area contributed by atoms with Gasteiger partial charge in [0.05, 0.1) is 0 Å². The summed E-state index contributed by atoms with van der Waals surface area (Å²) in [6.07, 6.45) is 10.1. The highest BCUT2D eigenvalue weighted by Crippen LogP contribution is 2.22. The first-order valence-electron chi connectivity index (χ1n) is 5.86. The average molecular weight is 183 g/mol. The number of nitrogens with zero attached hydrogens (tertiary/aromatic N) is 1. The van der Waals surface area contributed by atoms with Gasteiger partial charge in [-0.3, -0.25) is 0 Å². The first-order valence-corrected chi connectivity index (χ1v) is 5.86. The first kappa shape index (κ1) is 11.0. The fraction of sp³-hybridized carbons (Fsp3) is 1.00. The Balaban J connectivity index is 2.34. The van der Waals surface area contributed by atoms with E-state index in [2.05, 4.69) is 25.9 Å². The van der Waals surface area contributed by atoms with Crippen LogP contribution in [0.5, 0.6) is 0 Å². The monoisotopic (exact) mass is 183 g/mol. The molecular weight excluding hydrogens is 158 g/mol. The van der Waals surface area contributed by atoms with Gasteiger partial charge in [0, 0.05) is 6.04 Å². The molecule has 13 heavy (non-hydrogen) atoms. The van der Waals surface area contributed by atoms with E-state index in [9.17, 15) is 0 Å². The second kappa shape index (κ2) is 5.64. The molecule has 0 aliphatic heterocycles. The van der Waals surface area contributed by atoms with Crippen molar-refractivity contribution in [2.45, 2.75) is 57.9 Å². The molecule has 78 valence electrons. The molecule has 1 aliphatic carbocycles. The van der Waals surface area contributed by atoms with Crippen LogP contribution < -0.4 is 0 Å². The van der Waals surface area contributed by atoms with E-state index in [0.29, 0.717) is 0 Å². The summed E-state index contributed by atoms with van der Waals surface area (Å²) in [6, 6.07) is 0.852. The van der Waals surface area contributed by atoms with E-state index in [-0.39, 0.29) is 0 Å². The molecule has 0 radical (unpaired) electrons. The number of hydrogen-bond donors (Lipinski definition) is 0. The summed E-state index contributed by atoms with van der Waals surface area (Å²) in [5.41, 5.74) is 0. The minimum Gasteiger partial charge on any atom is -0.306 e. The number of rotatable bonds is 1. The van der Waals surface area contributed by atoms with Gasteiger partial charge in [-0.25, -0.2) is 0 Å². The van der Waals surface area contributed by atoms with E-state index in [1.807, 2.05) is 0 Å². The zero-order valence-corrected chi connectivity index (χ0v) is 9.55. The Morgan fingerprint density at radius 3 is 2.08 bits per heavy atom. The first-order chi connectivity index (χ1) is 6.20. The third kappa shape index (κ3) is 4.12. The summed E-state index contributed by atoms with van der Waals surface area (Å²) < 4.78 is 0. The van der Waals surface area contributed by atoms with Crippen molar-refractivity contribution in [1.29, 1.82) is 0 Å². The van der Waals surface area contributed by atoms with Gasteiger partial charge in [-0.1, -0.05) is 39.0 Å². The molecule has 0 spiro atoms. The summed E-state index contributed by atoms with van der Waals surface area (Å²) >= 11 is 0. The van der Waals surface area contributed by atoms with E-state index >= 15 is 0 Å². The Kier molecular flexibility index (Phi) is 4.79. The minimum atomic E-state index is 0.852. The molecule has 0 aromatic rings. The summed E-state index contributed by atoms with van der Waals surface area (Å²) in [4.78, 5) is 2.41. The molecule has 1 saturated carbocycles. The molecule has 1 heteroatoms. The third-order valence-electron chi connectivity index (χ3n) is 3.45. The van der Waals surface area contributed by atoms with Crippen molar-refractivity contribution in [3.63, 3.8) is 0 Å². The van der Waals surface area contributed by atoms with Crippen LogP contribution in [0.3, 0.4) is 0 Å². The second-order valence-corrected chi connectivity index (χ2v) is 4.94. The lowest BCUT2D eigenvalue weighted by atomic mass is 9.99. The SMILES string of the molecule is CC1CCCCC(N(C)C)CCC1. The maximum Gasteiger partial charge on any atom is 0.00891 e. The van der Waals surface area contributed by atoms with Gasteiger partial charge in [0.2, 0.25) is 0 Å². The highest BCUT2D eigenvalue weighted by molar-refractivity contribution is 4.69. The number of hydrogen-bond acceptors (Lipinski definition) is 1. The Labute approximate surface area is 83.5 Å². The van der Waals surface area contributed by atoms with Crippen LogP contribution in [0.2, 0.25) is 0 Å². The van der Waals surface area contributed by atoms with Gasteiger partial charge in [-0.2, -0.15) is 0 Å². The van der Waals surface area contributed by atoms with Crippen LogP contribution in [-0.4, -0.2) is 25.0 Å². The van der Waals surface area contributed by atoms with Gasteiger partial charge in [0.15, 0.2) is 0 Å². The fourth-order valence-electron chi connectivity index (χ4n) is 2.38. The lowest BCUT2D eigenvalue weighted by Gasteiger charge is -2.23. The molecule has 2 unspecified atom stereocenters. The van der Waals surface area contributed by atoms with Crippen molar-refractivity contribution >= 4 is 0 Å². The van der Waals surface area contributed by atoms with Crippen molar-refractivity contribution in [2.75, 3.05) is 14.1 Å². The minimum absolute atomic E-state index is 0.852. The highest BCUT2D eigenvalue weighted by atomic mass is 15.1. The molecule has 1 aliphatic rings. The van der Waals surface area contributed by atoms with E-state index in [1.54, 1.807) is 0 Å². The Morgan fingerprint density at radius 2 is 1.38 bits per heavy atom. The molecule has 1 nitrogen and oxygen atoms in total. The van der Waals surface area contributed by atoms with Crippen LogP contribution in [0.25, 0.3) is 0 Å². The van der Waals surface area contributed by atoms with Gasteiger partial charge < -0.3 is 4.90 Å². The summed E-state index contributed by atoms with van der Waals surface area (Å²) in [7, 11) is 4.46. The lowest BCUT2D eigenvalue weighted by Crippen LogP contribution is -2.27. The van der Waals surface area contributed by atoms with Gasteiger partial charge >= 0.3 is 0 Å². The zero-order chi connectivity index (χ0) is 9.68. The van der Waals surface area contributed by atoms with Gasteiger partial charge in [-0.15, -0.1) is 0 Å². The molecule has 0 heterocycles. The normalized spacial score (nSPS) is 32.3. The highest BCUT2D eigenvalue weighted by Gasteiger charge is 2.14. The molecule has 0 saturated heterocycles. The van der Waals surface area contributed by atoms with Gasteiger partial charge in [0.1, 0.15) is 0 Å². The van der Waals surface area contributed by atoms with Crippen LogP contribution in [0.1, 0.15) is 51.9 Å². The summed E-state index contributed by atoms with van der Waals surface area (Å²) in [5.74, 6) is 0.973. The Bertz CT molecular complexity index is 131. The molecule has 0 bridgehead atoms. The van der Waals surface area contributed by atoms with E-state index in [0.717, 1.165) is 12.0 Å². The second-order valence-electron chi connectivity index (χ2n) is 4.94. The van der Waals surface area contributed by atoms with Crippen LogP contribution in [0, 0.1) is 5.92 Å². The quantitative estimate of drug-likeness (QED) is 0.603. The topological polar surface area (TPSA) is 3.24 Å². The predicted octanol–water partition coefficient (Wildman–Crippen LogP) is 3.30. The maximum atomic E-state index is 2.41. The average Bonchev–Trinajstić information content (AvgIpc) is 2.16. The molecule has 2 atom stereocenters. The Morgan fingerprint density at radius 1 is 0.846 bits per heavy atom. The molecule has 0 aromatic heterocycles. The van der Waals surface area contributed by atoms with Crippen molar-refractivity contribution in [3.8, 4) is 0 Å². The molecule has 0 aromatic carbocycles. The van der Waals surface area contributed by atoms with Crippen molar-refractivity contribution in [2.24, 2.45) is 5.92 Å². The lowest BCUT2D eigenvalue weighted by molar-refractivity contribution is 0.256. The summed E-state index contributed by atoms with van der Waals surface area (Å²) in [5, 5.41) is 0. The van der Waals surface area contributed by atoms with Gasteiger partial charge in [0.25, 0.3) is 0 Å². The van der Waals surface area contributed by atoms with E-state index in [4.69, 9.17) is 0 Å². The van der Waals surface area contributed by atoms with Crippen LogP contribution in [0.4, 0.5) is 0 Å². The molecule has 0 N–H and O–H groups in total. The third-order valence-corrected chi connectivity index (χ3v) is 3.45. The molecular formula is C12H25N. The zero-order valence-electron chi connectivity index (χ0n) is 9.55. The fourth-order valence-corrected chi connectivity index (χ4v) is 2.38. The Hall–Kier alpha value is -0.0400. The molecule has 0 amide bonds. The van der Waals surface area contributed by atoms with Crippen LogP contribution in [0.15, 0.2) is 0 Å². The van der Waals surface area contributed by atoms with Crippen LogP contribution in [-0.2, 0) is 0 Å². The molecule has 1 rings (SSSR count).